The van der Waals surface area contributed by atoms with E-state index in [0.717, 1.165) is 5.56 Å². The lowest BCUT2D eigenvalue weighted by molar-refractivity contribution is 0.0744. The number of nitrogens with zero attached hydrogens (tertiary/aromatic N) is 4. The summed E-state index contributed by atoms with van der Waals surface area (Å²) < 4.78 is 16.0. The molecule has 8 heteroatoms. The molecule has 1 aromatic heterocycles. The lowest BCUT2D eigenvalue weighted by atomic mass is 10.1. The van der Waals surface area contributed by atoms with E-state index in [-0.39, 0.29) is 5.91 Å². The summed E-state index contributed by atoms with van der Waals surface area (Å²) >= 11 is 0. The molecular formula is C21H22N4O4. The fraction of sp³-hybridized carbons (Fsp3) is 0.286. The molecule has 1 amide bonds. The molecular weight excluding hydrogens is 372 g/mol. The first-order valence-electron chi connectivity index (χ1n) is 9.34. The number of anilines is 1. The Labute approximate surface area is 168 Å². The van der Waals surface area contributed by atoms with Gasteiger partial charge in [-0.15, -0.1) is 0 Å². The summed E-state index contributed by atoms with van der Waals surface area (Å²) in [6.45, 7) is 2.34. The zero-order chi connectivity index (χ0) is 20.2. The number of carbonyl (C=O) groups excluding carboxylic acids is 1. The Morgan fingerprint density at radius 2 is 1.62 bits per heavy atom. The number of ether oxygens (including phenoxy) is 2. The Bertz CT molecular complexity index is 959. The van der Waals surface area contributed by atoms with Crippen molar-refractivity contribution < 1.29 is 18.8 Å². The summed E-state index contributed by atoms with van der Waals surface area (Å²) in [4.78, 5) is 21.2. The molecule has 0 N–H and O–H groups in total. The van der Waals surface area contributed by atoms with E-state index in [2.05, 4.69) is 10.1 Å². The van der Waals surface area contributed by atoms with Crippen molar-refractivity contribution >= 4 is 11.9 Å². The number of hydrogen-bond donors (Lipinski definition) is 0. The minimum atomic E-state index is -0.0580. The number of piperazine rings is 1. The number of hydrogen-bond acceptors (Lipinski definition) is 7. The van der Waals surface area contributed by atoms with Crippen molar-refractivity contribution in [1.82, 2.24) is 15.0 Å². The third-order valence-corrected chi connectivity index (χ3v) is 4.88. The van der Waals surface area contributed by atoms with Crippen LogP contribution in [-0.2, 0) is 0 Å². The topological polar surface area (TPSA) is 80.9 Å². The van der Waals surface area contributed by atoms with Gasteiger partial charge in [-0.1, -0.05) is 35.5 Å². The fourth-order valence-electron chi connectivity index (χ4n) is 3.26. The van der Waals surface area contributed by atoms with Crippen LogP contribution in [0.25, 0.3) is 11.4 Å². The Hall–Kier alpha value is -3.55. The summed E-state index contributed by atoms with van der Waals surface area (Å²) in [6.07, 6.45) is 0. The van der Waals surface area contributed by atoms with Gasteiger partial charge in [0, 0.05) is 43.4 Å². The summed E-state index contributed by atoms with van der Waals surface area (Å²) in [6, 6.07) is 15.4. The second-order valence-corrected chi connectivity index (χ2v) is 6.65. The largest absolute Gasteiger partial charge is 0.497 e. The maximum absolute atomic E-state index is 12.9. The highest BCUT2D eigenvalue weighted by Gasteiger charge is 2.26. The number of benzene rings is 2. The number of amides is 1. The normalized spacial score (nSPS) is 14.0. The van der Waals surface area contributed by atoms with Crippen LogP contribution in [0.15, 0.2) is 53.1 Å². The molecule has 0 atom stereocenters. The molecule has 8 nitrogen and oxygen atoms in total. The molecule has 0 radical (unpaired) electrons. The highest BCUT2D eigenvalue weighted by molar-refractivity contribution is 5.95. The first kappa shape index (κ1) is 18.8. The molecule has 2 aromatic carbocycles. The monoisotopic (exact) mass is 394 g/mol. The van der Waals surface area contributed by atoms with E-state index in [1.54, 1.807) is 37.3 Å². The first-order chi connectivity index (χ1) is 14.2. The van der Waals surface area contributed by atoms with Gasteiger partial charge in [0.1, 0.15) is 11.5 Å². The molecule has 29 heavy (non-hydrogen) atoms. The molecule has 0 aliphatic carbocycles. The van der Waals surface area contributed by atoms with Gasteiger partial charge in [-0.05, 0) is 12.1 Å². The van der Waals surface area contributed by atoms with Crippen LogP contribution in [0.3, 0.4) is 0 Å². The van der Waals surface area contributed by atoms with Gasteiger partial charge in [-0.25, -0.2) is 0 Å². The minimum Gasteiger partial charge on any atom is -0.497 e. The Morgan fingerprint density at radius 3 is 2.24 bits per heavy atom. The average Bonchev–Trinajstić information content (AvgIpc) is 3.29. The van der Waals surface area contributed by atoms with Gasteiger partial charge in [-0.3, -0.25) is 4.79 Å². The van der Waals surface area contributed by atoms with E-state index in [1.165, 1.54) is 0 Å². The minimum absolute atomic E-state index is 0.0580. The number of methoxy groups -OCH3 is 2. The van der Waals surface area contributed by atoms with Gasteiger partial charge >= 0.3 is 6.01 Å². The van der Waals surface area contributed by atoms with E-state index in [4.69, 9.17) is 14.0 Å². The van der Waals surface area contributed by atoms with Gasteiger partial charge in [0.2, 0.25) is 5.82 Å². The van der Waals surface area contributed by atoms with Crippen LogP contribution in [0.5, 0.6) is 11.5 Å². The average molecular weight is 394 g/mol. The third kappa shape index (κ3) is 4.01. The van der Waals surface area contributed by atoms with Crippen molar-refractivity contribution in [1.29, 1.82) is 0 Å². The first-order valence-corrected chi connectivity index (χ1v) is 9.34. The highest BCUT2D eigenvalue weighted by atomic mass is 16.5. The van der Waals surface area contributed by atoms with Crippen molar-refractivity contribution in [3.63, 3.8) is 0 Å². The molecule has 3 aromatic rings. The van der Waals surface area contributed by atoms with E-state index in [9.17, 15) is 4.79 Å². The molecule has 1 aliphatic heterocycles. The molecule has 0 saturated carbocycles. The molecule has 1 fully saturated rings. The number of rotatable bonds is 5. The molecule has 2 heterocycles. The second kappa shape index (κ2) is 8.22. The molecule has 1 saturated heterocycles. The zero-order valence-electron chi connectivity index (χ0n) is 16.4. The fourth-order valence-corrected chi connectivity index (χ4v) is 3.26. The molecule has 0 unspecified atom stereocenters. The van der Waals surface area contributed by atoms with Crippen molar-refractivity contribution in [2.75, 3.05) is 45.3 Å². The standard InChI is InChI=1S/C21H22N4O4/c1-27-17-12-16(13-18(14-17)28-2)20(26)24-8-10-25(11-9-24)21-22-19(23-29-21)15-6-4-3-5-7-15/h3-7,12-14H,8-11H2,1-2H3. The van der Waals surface area contributed by atoms with Crippen LogP contribution in [0.1, 0.15) is 10.4 Å². The summed E-state index contributed by atoms with van der Waals surface area (Å²) in [5.41, 5.74) is 1.45. The van der Waals surface area contributed by atoms with Crippen LogP contribution in [0.2, 0.25) is 0 Å². The lowest BCUT2D eigenvalue weighted by Gasteiger charge is -2.33. The van der Waals surface area contributed by atoms with Gasteiger partial charge < -0.3 is 23.8 Å². The van der Waals surface area contributed by atoms with Crippen molar-refractivity contribution in [3.8, 4) is 22.9 Å². The van der Waals surface area contributed by atoms with Gasteiger partial charge in [0.15, 0.2) is 0 Å². The van der Waals surface area contributed by atoms with E-state index in [0.29, 0.717) is 55.1 Å². The van der Waals surface area contributed by atoms with Crippen LogP contribution >= 0.6 is 0 Å². The molecule has 0 bridgehead atoms. The van der Waals surface area contributed by atoms with E-state index >= 15 is 0 Å². The Balaban J connectivity index is 1.42. The second-order valence-electron chi connectivity index (χ2n) is 6.65. The predicted molar refractivity (Wildman–Crippen MR) is 107 cm³/mol. The Morgan fingerprint density at radius 1 is 0.966 bits per heavy atom. The molecule has 1 aliphatic rings. The van der Waals surface area contributed by atoms with Crippen LogP contribution in [0.4, 0.5) is 6.01 Å². The van der Waals surface area contributed by atoms with Gasteiger partial charge in [0.25, 0.3) is 5.91 Å². The third-order valence-electron chi connectivity index (χ3n) is 4.88. The summed E-state index contributed by atoms with van der Waals surface area (Å²) in [5.74, 6) is 1.68. The van der Waals surface area contributed by atoms with E-state index < -0.39 is 0 Å². The van der Waals surface area contributed by atoms with Crippen LogP contribution in [0, 0.1) is 0 Å². The lowest BCUT2D eigenvalue weighted by Crippen LogP contribution is -2.48. The smallest absolute Gasteiger partial charge is 0.324 e. The number of aromatic nitrogens is 2. The predicted octanol–water partition coefficient (Wildman–Crippen LogP) is 2.72. The summed E-state index contributed by atoms with van der Waals surface area (Å²) in [5, 5.41) is 4.07. The van der Waals surface area contributed by atoms with Crippen LogP contribution < -0.4 is 14.4 Å². The zero-order valence-corrected chi connectivity index (χ0v) is 16.4. The maximum atomic E-state index is 12.9. The summed E-state index contributed by atoms with van der Waals surface area (Å²) in [7, 11) is 3.13. The van der Waals surface area contributed by atoms with Crippen molar-refractivity contribution in [3.05, 3.63) is 54.1 Å². The maximum Gasteiger partial charge on any atom is 0.324 e. The highest BCUT2D eigenvalue weighted by Crippen LogP contribution is 2.25. The van der Waals surface area contributed by atoms with E-state index in [1.807, 2.05) is 35.2 Å². The van der Waals surface area contributed by atoms with Gasteiger partial charge in [-0.2, -0.15) is 4.98 Å². The molecule has 0 spiro atoms. The Kier molecular flexibility index (Phi) is 5.33. The SMILES string of the molecule is COc1cc(OC)cc(C(=O)N2CCN(c3nc(-c4ccccc4)no3)CC2)c1. The molecule has 150 valence electrons. The van der Waals surface area contributed by atoms with Crippen molar-refractivity contribution in [2.45, 2.75) is 0 Å². The molecule has 4 rings (SSSR count). The van der Waals surface area contributed by atoms with Crippen molar-refractivity contribution in [2.24, 2.45) is 0 Å². The number of carbonyl (C=O) groups is 1. The van der Waals surface area contributed by atoms with Crippen LogP contribution in [-0.4, -0.2) is 61.3 Å². The quantitative estimate of drug-likeness (QED) is 0.658. The van der Waals surface area contributed by atoms with Gasteiger partial charge in [0.05, 0.1) is 14.2 Å².